The van der Waals surface area contributed by atoms with Crippen LogP contribution < -0.4 is 5.32 Å². The van der Waals surface area contributed by atoms with Crippen molar-refractivity contribution in [3.8, 4) is 0 Å². The minimum Gasteiger partial charge on any atom is -0.310 e. The van der Waals surface area contributed by atoms with Gasteiger partial charge >= 0.3 is 0 Å². The van der Waals surface area contributed by atoms with Gasteiger partial charge in [0.25, 0.3) is 0 Å². The molecular formula is C15H24N2. The van der Waals surface area contributed by atoms with Gasteiger partial charge in [0.2, 0.25) is 0 Å². The first kappa shape index (κ1) is 12.6. The number of rotatable bonds is 5. The molecule has 1 fully saturated rings. The highest BCUT2D eigenvalue weighted by Crippen LogP contribution is 2.40. The van der Waals surface area contributed by atoms with Crippen molar-refractivity contribution < 1.29 is 0 Å². The van der Waals surface area contributed by atoms with Crippen molar-refractivity contribution in [3.63, 3.8) is 0 Å². The van der Waals surface area contributed by atoms with Gasteiger partial charge in [0.1, 0.15) is 0 Å². The van der Waals surface area contributed by atoms with E-state index < -0.39 is 0 Å². The maximum absolute atomic E-state index is 4.07. The van der Waals surface area contributed by atoms with Crippen LogP contribution in [0.25, 0.3) is 0 Å². The Morgan fingerprint density at radius 2 is 1.94 bits per heavy atom. The number of nitrogens with one attached hydrogen (secondary N) is 1. The third-order valence-corrected chi connectivity index (χ3v) is 4.40. The number of pyridine rings is 1. The third kappa shape index (κ3) is 3.06. The molecule has 0 saturated heterocycles. The highest BCUT2D eigenvalue weighted by molar-refractivity contribution is 5.14. The van der Waals surface area contributed by atoms with E-state index in [1.165, 1.54) is 37.7 Å². The fourth-order valence-corrected chi connectivity index (χ4v) is 2.92. The van der Waals surface area contributed by atoms with E-state index in [2.05, 4.69) is 36.3 Å². The summed E-state index contributed by atoms with van der Waals surface area (Å²) >= 11 is 0. The first-order valence-corrected chi connectivity index (χ1v) is 6.89. The first-order valence-electron chi connectivity index (χ1n) is 6.89. The molecule has 17 heavy (non-hydrogen) atoms. The van der Waals surface area contributed by atoms with Crippen LogP contribution in [0.4, 0.5) is 0 Å². The molecular weight excluding hydrogens is 208 g/mol. The van der Waals surface area contributed by atoms with Gasteiger partial charge in [0.15, 0.2) is 0 Å². The van der Waals surface area contributed by atoms with E-state index in [4.69, 9.17) is 0 Å². The van der Waals surface area contributed by atoms with Crippen LogP contribution in [0.3, 0.4) is 0 Å². The zero-order valence-electron chi connectivity index (χ0n) is 11.1. The van der Waals surface area contributed by atoms with Gasteiger partial charge in [-0.2, -0.15) is 0 Å². The van der Waals surface area contributed by atoms with Crippen LogP contribution in [-0.2, 0) is 0 Å². The summed E-state index contributed by atoms with van der Waals surface area (Å²) in [5.41, 5.74) is 1.91. The van der Waals surface area contributed by atoms with Crippen molar-refractivity contribution in [2.45, 2.75) is 52.0 Å². The molecule has 1 unspecified atom stereocenters. The minimum atomic E-state index is 0.432. The molecule has 0 spiro atoms. The van der Waals surface area contributed by atoms with E-state index >= 15 is 0 Å². The third-order valence-electron chi connectivity index (χ3n) is 4.40. The van der Waals surface area contributed by atoms with E-state index in [1.54, 1.807) is 0 Å². The van der Waals surface area contributed by atoms with E-state index in [0.29, 0.717) is 11.5 Å². The summed E-state index contributed by atoms with van der Waals surface area (Å²) in [5, 5.41) is 3.70. The summed E-state index contributed by atoms with van der Waals surface area (Å²) in [6, 6.07) is 4.64. The Morgan fingerprint density at radius 3 is 2.53 bits per heavy atom. The maximum Gasteiger partial charge on any atom is 0.0293 e. The summed E-state index contributed by atoms with van der Waals surface area (Å²) in [6.07, 6.45) is 10.7. The van der Waals surface area contributed by atoms with Crippen LogP contribution in [0.5, 0.6) is 0 Å². The summed E-state index contributed by atoms with van der Waals surface area (Å²) in [5.74, 6) is 0. The van der Waals surface area contributed by atoms with Crippen molar-refractivity contribution >= 4 is 0 Å². The average molecular weight is 232 g/mol. The molecule has 94 valence electrons. The monoisotopic (exact) mass is 232 g/mol. The minimum absolute atomic E-state index is 0.432. The lowest BCUT2D eigenvalue weighted by atomic mass is 9.83. The van der Waals surface area contributed by atoms with Gasteiger partial charge < -0.3 is 5.32 Å². The predicted molar refractivity (Wildman–Crippen MR) is 71.8 cm³/mol. The lowest BCUT2D eigenvalue weighted by Crippen LogP contribution is -2.33. The first-order chi connectivity index (χ1) is 8.26. The molecule has 2 nitrogen and oxygen atoms in total. The highest BCUT2D eigenvalue weighted by Gasteiger charge is 2.31. The zero-order valence-corrected chi connectivity index (χ0v) is 11.1. The largest absolute Gasteiger partial charge is 0.310 e. The molecule has 1 aromatic rings. The Morgan fingerprint density at radius 1 is 1.29 bits per heavy atom. The highest BCUT2D eigenvalue weighted by atomic mass is 14.9. The fraction of sp³-hybridized carbons (Fsp3) is 0.667. The van der Waals surface area contributed by atoms with Crippen molar-refractivity contribution in [1.82, 2.24) is 10.3 Å². The molecule has 1 N–H and O–H groups in total. The number of nitrogens with zero attached hydrogens (tertiary/aromatic N) is 1. The molecule has 0 aliphatic heterocycles. The van der Waals surface area contributed by atoms with E-state index in [1.807, 2.05) is 12.4 Å². The molecule has 1 heterocycles. The molecule has 2 heteroatoms. The number of hydrogen-bond donors (Lipinski definition) is 1. The molecule has 1 atom stereocenters. The van der Waals surface area contributed by atoms with E-state index in [0.717, 1.165) is 6.54 Å². The summed E-state index contributed by atoms with van der Waals surface area (Å²) in [6.45, 7) is 5.74. The predicted octanol–water partition coefficient (Wildman–Crippen LogP) is 3.70. The van der Waals surface area contributed by atoms with Gasteiger partial charge in [-0.3, -0.25) is 4.98 Å². The van der Waals surface area contributed by atoms with Crippen LogP contribution >= 0.6 is 0 Å². The van der Waals surface area contributed by atoms with Crippen LogP contribution in [0.2, 0.25) is 0 Å². The second kappa shape index (κ2) is 5.63. The average Bonchev–Trinajstić information content (AvgIpc) is 2.86. The number of hydrogen-bond acceptors (Lipinski definition) is 2. The van der Waals surface area contributed by atoms with Crippen molar-refractivity contribution in [2.75, 3.05) is 6.54 Å². The zero-order chi connectivity index (χ0) is 12.1. The van der Waals surface area contributed by atoms with Gasteiger partial charge in [-0.25, -0.2) is 0 Å². The Kier molecular flexibility index (Phi) is 4.16. The van der Waals surface area contributed by atoms with Gasteiger partial charge in [-0.1, -0.05) is 19.8 Å². The Hall–Kier alpha value is -0.890. The number of aromatic nitrogens is 1. The normalized spacial score (nSPS) is 20.4. The van der Waals surface area contributed by atoms with E-state index in [-0.39, 0.29) is 0 Å². The SMILES string of the molecule is CCC1(CNC(C)c2ccncc2)CCCC1. The van der Waals surface area contributed by atoms with Crippen LogP contribution in [0.15, 0.2) is 24.5 Å². The van der Waals surface area contributed by atoms with Crippen LogP contribution in [-0.4, -0.2) is 11.5 Å². The molecule has 1 saturated carbocycles. The molecule has 1 aliphatic rings. The molecule has 0 amide bonds. The topological polar surface area (TPSA) is 24.9 Å². The smallest absolute Gasteiger partial charge is 0.0293 e. The van der Waals surface area contributed by atoms with Crippen molar-refractivity contribution in [2.24, 2.45) is 5.41 Å². The summed E-state index contributed by atoms with van der Waals surface area (Å²) in [7, 11) is 0. The molecule has 0 aromatic carbocycles. The Labute approximate surface area is 105 Å². The van der Waals surface area contributed by atoms with Crippen LogP contribution in [0.1, 0.15) is 57.6 Å². The second-order valence-electron chi connectivity index (χ2n) is 5.44. The lowest BCUT2D eigenvalue weighted by molar-refractivity contribution is 0.259. The van der Waals surface area contributed by atoms with Gasteiger partial charge in [0, 0.05) is 25.0 Å². The molecule has 1 aliphatic carbocycles. The molecule has 1 aromatic heterocycles. The Balaban J connectivity index is 1.89. The lowest BCUT2D eigenvalue weighted by Gasteiger charge is -2.29. The van der Waals surface area contributed by atoms with Gasteiger partial charge in [-0.15, -0.1) is 0 Å². The van der Waals surface area contributed by atoms with Gasteiger partial charge in [0.05, 0.1) is 0 Å². The fourth-order valence-electron chi connectivity index (χ4n) is 2.92. The van der Waals surface area contributed by atoms with Crippen LogP contribution in [0, 0.1) is 5.41 Å². The van der Waals surface area contributed by atoms with E-state index in [9.17, 15) is 0 Å². The summed E-state index contributed by atoms with van der Waals surface area (Å²) in [4.78, 5) is 4.07. The quantitative estimate of drug-likeness (QED) is 0.837. The molecule has 0 radical (unpaired) electrons. The van der Waals surface area contributed by atoms with Gasteiger partial charge in [-0.05, 0) is 49.3 Å². The second-order valence-corrected chi connectivity index (χ2v) is 5.44. The molecule has 2 rings (SSSR count). The standard InChI is InChI=1S/C15H24N2/c1-3-15(8-4-5-9-15)12-17-13(2)14-6-10-16-11-7-14/h6-7,10-11,13,17H,3-5,8-9,12H2,1-2H3. The molecule has 0 bridgehead atoms. The summed E-state index contributed by atoms with van der Waals surface area (Å²) < 4.78 is 0. The van der Waals surface area contributed by atoms with Crippen molar-refractivity contribution in [3.05, 3.63) is 30.1 Å². The Bertz CT molecular complexity index is 328. The van der Waals surface area contributed by atoms with Crippen molar-refractivity contribution in [1.29, 1.82) is 0 Å². The maximum atomic E-state index is 4.07.